The molecule has 0 aliphatic heterocycles. The molecule has 0 aromatic carbocycles. The van der Waals surface area contributed by atoms with Crippen LogP contribution in [0.15, 0.2) is 0 Å². The topological polar surface area (TPSA) is 46.2 Å². The molecule has 1 fully saturated rings. The third-order valence-electron chi connectivity index (χ3n) is 2.35. The van der Waals surface area contributed by atoms with Gasteiger partial charge in [0.25, 0.3) is 0 Å². The van der Waals surface area contributed by atoms with Crippen LogP contribution in [0.3, 0.4) is 0 Å². The fraction of sp³-hybridized carbons (Fsp3) is 1.00. The van der Waals surface area contributed by atoms with Crippen LogP contribution in [0.1, 0.15) is 32.1 Å². The maximum Gasteiger partial charge on any atom is 0.0582 e. The number of aliphatic hydroxyl groups is 1. The Morgan fingerprint density at radius 2 is 1.91 bits per heavy atom. The van der Waals surface area contributed by atoms with Crippen LogP contribution in [0.5, 0.6) is 0 Å². The molecular formula is C8H18ClNO. The standard InChI is InChI=1S/C8H17NO.ClH/c9-8(6-10)5-7-3-1-2-4-7;/h7-8,10H,1-6,9H2;1H/t8-;/m1./s1. The van der Waals surface area contributed by atoms with Crippen molar-refractivity contribution in [3.63, 3.8) is 0 Å². The van der Waals surface area contributed by atoms with Crippen LogP contribution >= 0.6 is 12.4 Å². The minimum atomic E-state index is 0. The summed E-state index contributed by atoms with van der Waals surface area (Å²) in [7, 11) is 0. The second-order valence-corrected chi connectivity index (χ2v) is 3.33. The van der Waals surface area contributed by atoms with Gasteiger partial charge in [-0.15, -0.1) is 12.4 Å². The molecule has 0 bridgehead atoms. The molecule has 11 heavy (non-hydrogen) atoms. The van der Waals surface area contributed by atoms with Crippen molar-refractivity contribution < 1.29 is 5.11 Å². The Morgan fingerprint density at radius 1 is 1.36 bits per heavy atom. The predicted molar refractivity (Wildman–Crippen MR) is 48.9 cm³/mol. The zero-order chi connectivity index (χ0) is 7.40. The molecule has 68 valence electrons. The second kappa shape index (κ2) is 5.81. The maximum atomic E-state index is 8.67. The summed E-state index contributed by atoms with van der Waals surface area (Å²) in [5, 5.41) is 8.67. The molecule has 0 aromatic heterocycles. The molecule has 0 saturated heterocycles. The van der Waals surface area contributed by atoms with Gasteiger partial charge in [-0.3, -0.25) is 0 Å². The lowest BCUT2D eigenvalue weighted by Gasteiger charge is -2.12. The van der Waals surface area contributed by atoms with Crippen LogP contribution in [0.4, 0.5) is 0 Å². The van der Waals surface area contributed by atoms with Crippen LogP contribution < -0.4 is 5.73 Å². The monoisotopic (exact) mass is 179 g/mol. The van der Waals surface area contributed by atoms with E-state index in [9.17, 15) is 0 Å². The smallest absolute Gasteiger partial charge is 0.0582 e. The summed E-state index contributed by atoms with van der Waals surface area (Å²) >= 11 is 0. The average molecular weight is 180 g/mol. The highest BCUT2D eigenvalue weighted by molar-refractivity contribution is 5.85. The van der Waals surface area contributed by atoms with E-state index in [4.69, 9.17) is 10.8 Å². The largest absolute Gasteiger partial charge is 0.395 e. The van der Waals surface area contributed by atoms with Crippen molar-refractivity contribution in [3.05, 3.63) is 0 Å². The highest BCUT2D eigenvalue weighted by Gasteiger charge is 2.17. The van der Waals surface area contributed by atoms with E-state index in [0.29, 0.717) is 0 Å². The van der Waals surface area contributed by atoms with Gasteiger partial charge in [-0.1, -0.05) is 25.7 Å². The summed E-state index contributed by atoms with van der Waals surface area (Å²) in [4.78, 5) is 0. The highest BCUT2D eigenvalue weighted by atomic mass is 35.5. The first kappa shape index (κ1) is 11.2. The quantitative estimate of drug-likeness (QED) is 0.687. The zero-order valence-electron chi connectivity index (χ0n) is 6.83. The first-order valence-corrected chi connectivity index (χ1v) is 4.19. The third kappa shape index (κ3) is 3.94. The van der Waals surface area contributed by atoms with Gasteiger partial charge in [0.2, 0.25) is 0 Å². The molecule has 0 spiro atoms. The normalized spacial score (nSPS) is 21.3. The van der Waals surface area contributed by atoms with Crippen molar-refractivity contribution in [1.82, 2.24) is 0 Å². The van der Waals surface area contributed by atoms with Crippen LogP contribution in [0.2, 0.25) is 0 Å². The van der Waals surface area contributed by atoms with Gasteiger partial charge in [0.15, 0.2) is 0 Å². The predicted octanol–water partition coefficient (Wildman–Crippen LogP) is 1.31. The van der Waals surface area contributed by atoms with Crippen LogP contribution in [0.25, 0.3) is 0 Å². The van der Waals surface area contributed by atoms with Crippen LogP contribution in [0, 0.1) is 5.92 Å². The third-order valence-corrected chi connectivity index (χ3v) is 2.35. The lowest BCUT2D eigenvalue weighted by Crippen LogP contribution is -2.26. The fourth-order valence-electron chi connectivity index (χ4n) is 1.75. The van der Waals surface area contributed by atoms with Gasteiger partial charge < -0.3 is 10.8 Å². The molecular weight excluding hydrogens is 162 g/mol. The van der Waals surface area contributed by atoms with Gasteiger partial charge in [-0.2, -0.15) is 0 Å². The van der Waals surface area contributed by atoms with Gasteiger partial charge in [-0.05, 0) is 12.3 Å². The highest BCUT2D eigenvalue weighted by Crippen LogP contribution is 2.27. The number of hydrogen-bond acceptors (Lipinski definition) is 2. The Hall–Kier alpha value is 0.210. The second-order valence-electron chi connectivity index (χ2n) is 3.33. The van der Waals surface area contributed by atoms with Gasteiger partial charge in [0, 0.05) is 6.04 Å². The molecule has 1 rings (SSSR count). The Kier molecular flexibility index (Phi) is 5.92. The number of rotatable bonds is 3. The minimum Gasteiger partial charge on any atom is -0.395 e. The van der Waals surface area contributed by atoms with Gasteiger partial charge in [0.05, 0.1) is 6.61 Å². The summed E-state index contributed by atoms with van der Waals surface area (Å²) in [6.45, 7) is 0.149. The van der Waals surface area contributed by atoms with E-state index in [-0.39, 0.29) is 25.1 Å². The molecule has 0 unspecified atom stereocenters. The average Bonchev–Trinajstić information content (AvgIpc) is 2.40. The van der Waals surface area contributed by atoms with Gasteiger partial charge >= 0.3 is 0 Å². The molecule has 0 amide bonds. The van der Waals surface area contributed by atoms with Gasteiger partial charge in [-0.25, -0.2) is 0 Å². The van der Waals surface area contributed by atoms with Crippen molar-refractivity contribution >= 4 is 12.4 Å². The van der Waals surface area contributed by atoms with Crippen molar-refractivity contribution in [2.45, 2.75) is 38.1 Å². The Bertz CT molecular complexity index is 94.1. The zero-order valence-corrected chi connectivity index (χ0v) is 7.65. The van der Waals surface area contributed by atoms with E-state index in [1.165, 1.54) is 25.7 Å². The molecule has 3 heteroatoms. The Labute approximate surface area is 74.6 Å². The molecule has 1 aliphatic rings. The van der Waals surface area contributed by atoms with E-state index >= 15 is 0 Å². The molecule has 2 nitrogen and oxygen atoms in total. The van der Waals surface area contributed by atoms with Crippen molar-refractivity contribution in [2.24, 2.45) is 11.7 Å². The fourth-order valence-corrected chi connectivity index (χ4v) is 1.75. The van der Waals surface area contributed by atoms with E-state index in [1.807, 2.05) is 0 Å². The Balaban J connectivity index is 0.000001000. The molecule has 0 radical (unpaired) electrons. The lowest BCUT2D eigenvalue weighted by atomic mass is 9.99. The summed E-state index contributed by atoms with van der Waals surface area (Å²) < 4.78 is 0. The van der Waals surface area contributed by atoms with Crippen molar-refractivity contribution in [1.29, 1.82) is 0 Å². The first-order chi connectivity index (χ1) is 4.83. The Morgan fingerprint density at radius 3 is 2.36 bits per heavy atom. The molecule has 1 saturated carbocycles. The number of hydrogen-bond donors (Lipinski definition) is 2. The van der Waals surface area contributed by atoms with Crippen LogP contribution in [-0.2, 0) is 0 Å². The van der Waals surface area contributed by atoms with E-state index in [0.717, 1.165) is 12.3 Å². The summed E-state index contributed by atoms with van der Waals surface area (Å²) in [5.41, 5.74) is 5.60. The SMILES string of the molecule is Cl.N[C@@H](CO)CC1CCCC1. The summed E-state index contributed by atoms with van der Waals surface area (Å²) in [5.74, 6) is 0.808. The molecule has 0 aromatic rings. The number of aliphatic hydroxyl groups excluding tert-OH is 1. The molecule has 1 atom stereocenters. The number of halogens is 1. The molecule has 0 heterocycles. The van der Waals surface area contributed by atoms with Crippen LogP contribution in [-0.4, -0.2) is 17.8 Å². The van der Waals surface area contributed by atoms with Crippen molar-refractivity contribution in [3.8, 4) is 0 Å². The molecule has 1 aliphatic carbocycles. The summed E-state index contributed by atoms with van der Waals surface area (Å²) in [6, 6.07) is 0.0306. The van der Waals surface area contributed by atoms with E-state index in [1.54, 1.807) is 0 Å². The van der Waals surface area contributed by atoms with Crippen molar-refractivity contribution in [2.75, 3.05) is 6.61 Å². The maximum absolute atomic E-state index is 8.67. The van der Waals surface area contributed by atoms with E-state index in [2.05, 4.69) is 0 Å². The summed E-state index contributed by atoms with van der Waals surface area (Å²) in [6.07, 6.45) is 6.41. The van der Waals surface area contributed by atoms with E-state index < -0.39 is 0 Å². The van der Waals surface area contributed by atoms with Gasteiger partial charge in [0.1, 0.15) is 0 Å². The molecule has 3 N–H and O–H groups in total. The minimum absolute atomic E-state index is 0. The first-order valence-electron chi connectivity index (χ1n) is 4.19. The lowest BCUT2D eigenvalue weighted by molar-refractivity contribution is 0.245. The number of nitrogens with two attached hydrogens (primary N) is 1.